The molecule has 0 saturated carbocycles. The van der Waals surface area contributed by atoms with Gasteiger partial charge in [-0.15, -0.1) is 0 Å². The predicted octanol–water partition coefficient (Wildman–Crippen LogP) is 2.88. The molecule has 0 saturated heterocycles. The zero-order valence-corrected chi connectivity index (χ0v) is 11.5. The van der Waals surface area contributed by atoms with Gasteiger partial charge in [-0.3, -0.25) is 0 Å². The average Bonchev–Trinajstić information content (AvgIpc) is 2.53. The second-order valence-electron chi connectivity index (χ2n) is 4.64. The third-order valence-electron chi connectivity index (χ3n) is 3.13. The Morgan fingerprint density at radius 2 is 1.62 bits per heavy atom. The highest BCUT2D eigenvalue weighted by atomic mass is 16.1. The highest BCUT2D eigenvalue weighted by Gasteiger charge is 2.03. The molecule has 1 aromatic heterocycles. The van der Waals surface area contributed by atoms with Crippen LogP contribution in [0, 0.1) is 6.92 Å². The highest BCUT2D eigenvalue weighted by Crippen LogP contribution is 2.22. The number of aromatic amines is 1. The van der Waals surface area contributed by atoms with Gasteiger partial charge in [0.1, 0.15) is 5.69 Å². The first-order valence-corrected chi connectivity index (χ1v) is 6.58. The van der Waals surface area contributed by atoms with Crippen LogP contribution in [0.2, 0.25) is 0 Å². The van der Waals surface area contributed by atoms with Crippen LogP contribution in [0.4, 0.5) is 11.5 Å². The second kappa shape index (κ2) is 5.58. The molecule has 3 rings (SSSR count). The van der Waals surface area contributed by atoms with E-state index in [1.807, 2.05) is 42.5 Å². The lowest BCUT2D eigenvalue weighted by molar-refractivity contribution is 0.885. The molecule has 2 aromatic carbocycles. The van der Waals surface area contributed by atoms with Crippen LogP contribution in [-0.2, 0) is 0 Å². The number of aryl methyl sites for hydroxylation is 1. The van der Waals surface area contributed by atoms with E-state index in [4.69, 9.17) is 0 Å². The minimum absolute atomic E-state index is 0.464. The van der Waals surface area contributed by atoms with Crippen molar-refractivity contribution in [1.82, 2.24) is 15.2 Å². The van der Waals surface area contributed by atoms with Gasteiger partial charge in [0.25, 0.3) is 0 Å². The summed E-state index contributed by atoms with van der Waals surface area (Å²) in [5.74, 6) is 0.464. The molecule has 0 amide bonds. The number of H-pyrrole nitrogens is 1. The van der Waals surface area contributed by atoms with Gasteiger partial charge in [0.15, 0.2) is 5.82 Å². The maximum Gasteiger partial charge on any atom is 0.363 e. The van der Waals surface area contributed by atoms with Crippen molar-refractivity contribution in [3.05, 3.63) is 70.8 Å². The largest absolute Gasteiger partial charge is 0.363 e. The molecule has 0 unspecified atom stereocenters. The Balaban J connectivity index is 1.85. The molecule has 0 aliphatic heterocycles. The minimum atomic E-state index is -0.469. The van der Waals surface area contributed by atoms with Gasteiger partial charge in [-0.05, 0) is 30.2 Å². The van der Waals surface area contributed by atoms with E-state index in [1.54, 1.807) is 6.92 Å². The minimum Gasteiger partial charge on any atom is -0.338 e. The molecule has 104 valence electrons. The fourth-order valence-electron chi connectivity index (χ4n) is 2.02. The molecule has 0 spiro atoms. The summed E-state index contributed by atoms with van der Waals surface area (Å²) in [5.41, 5.74) is 3.33. The quantitative estimate of drug-likeness (QED) is 0.772. The van der Waals surface area contributed by atoms with E-state index in [1.165, 1.54) is 0 Å². The summed E-state index contributed by atoms with van der Waals surface area (Å²) in [6.45, 7) is 1.78. The first-order valence-electron chi connectivity index (χ1n) is 6.58. The highest BCUT2D eigenvalue weighted by molar-refractivity contribution is 5.67. The van der Waals surface area contributed by atoms with E-state index in [2.05, 4.69) is 32.6 Å². The molecule has 1 heterocycles. The normalized spacial score (nSPS) is 10.3. The first-order chi connectivity index (χ1) is 10.2. The molecule has 0 aliphatic carbocycles. The summed E-state index contributed by atoms with van der Waals surface area (Å²) in [6, 6.07) is 18.1. The third-order valence-corrected chi connectivity index (χ3v) is 3.13. The molecule has 5 heteroatoms. The summed E-state index contributed by atoms with van der Waals surface area (Å²) >= 11 is 0. The number of nitrogens with one attached hydrogen (secondary N) is 2. The Hall–Kier alpha value is -2.95. The van der Waals surface area contributed by atoms with Crippen LogP contribution >= 0.6 is 0 Å². The van der Waals surface area contributed by atoms with Crippen LogP contribution in [0.5, 0.6) is 0 Å². The number of benzene rings is 2. The van der Waals surface area contributed by atoms with Crippen molar-refractivity contribution in [2.75, 3.05) is 5.32 Å². The molecule has 2 N–H and O–H groups in total. The molecule has 0 aliphatic rings. The van der Waals surface area contributed by atoms with E-state index in [9.17, 15) is 4.79 Å². The maximum absolute atomic E-state index is 11.2. The standard InChI is InChI=1S/C16H14N4O/c1-11-15(18-16(21)20-19-11)17-14-9-7-13(8-10-14)12-5-3-2-4-6-12/h2-10H,1H3,(H2,17,18,20,21). The van der Waals surface area contributed by atoms with E-state index in [0.717, 1.165) is 16.8 Å². The van der Waals surface area contributed by atoms with Crippen molar-refractivity contribution in [3.63, 3.8) is 0 Å². The van der Waals surface area contributed by atoms with Gasteiger partial charge in [-0.2, -0.15) is 10.1 Å². The van der Waals surface area contributed by atoms with Gasteiger partial charge in [0.05, 0.1) is 0 Å². The number of aromatic nitrogens is 3. The zero-order chi connectivity index (χ0) is 14.7. The molecular weight excluding hydrogens is 264 g/mol. The smallest absolute Gasteiger partial charge is 0.338 e. The molecule has 21 heavy (non-hydrogen) atoms. The van der Waals surface area contributed by atoms with Crippen LogP contribution in [0.15, 0.2) is 59.4 Å². The lowest BCUT2D eigenvalue weighted by Gasteiger charge is -2.08. The fraction of sp³-hybridized carbons (Fsp3) is 0.0625. The number of anilines is 2. The van der Waals surface area contributed by atoms with Crippen LogP contribution in [0.25, 0.3) is 11.1 Å². The van der Waals surface area contributed by atoms with Crippen molar-refractivity contribution in [2.45, 2.75) is 6.92 Å². The monoisotopic (exact) mass is 278 g/mol. The van der Waals surface area contributed by atoms with Crippen molar-refractivity contribution in [2.24, 2.45) is 0 Å². The molecular formula is C16H14N4O. The van der Waals surface area contributed by atoms with Crippen molar-refractivity contribution in [3.8, 4) is 11.1 Å². The Kier molecular flexibility index (Phi) is 3.47. The molecule has 0 atom stereocenters. The Bertz CT molecular complexity index is 795. The summed E-state index contributed by atoms with van der Waals surface area (Å²) in [6.07, 6.45) is 0. The summed E-state index contributed by atoms with van der Waals surface area (Å²) in [4.78, 5) is 15.1. The SMILES string of the molecule is Cc1n[nH]c(=O)nc1Nc1ccc(-c2ccccc2)cc1. The van der Waals surface area contributed by atoms with Crippen molar-refractivity contribution >= 4 is 11.5 Å². The second-order valence-corrected chi connectivity index (χ2v) is 4.64. The van der Waals surface area contributed by atoms with Gasteiger partial charge >= 0.3 is 5.69 Å². The Labute approximate surface area is 121 Å². The molecule has 0 bridgehead atoms. The number of rotatable bonds is 3. The van der Waals surface area contributed by atoms with E-state index in [0.29, 0.717) is 11.5 Å². The predicted molar refractivity (Wildman–Crippen MR) is 82.6 cm³/mol. The maximum atomic E-state index is 11.2. The van der Waals surface area contributed by atoms with E-state index in [-0.39, 0.29) is 0 Å². The molecule has 3 aromatic rings. The number of nitrogens with zero attached hydrogens (tertiary/aromatic N) is 2. The molecule has 5 nitrogen and oxygen atoms in total. The van der Waals surface area contributed by atoms with Crippen LogP contribution < -0.4 is 11.0 Å². The topological polar surface area (TPSA) is 70.7 Å². The van der Waals surface area contributed by atoms with Crippen molar-refractivity contribution < 1.29 is 0 Å². The molecule has 0 fully saturated rings. The van der Waals surface area contributed by atoms with E-state index >= 15 is 0 Å². The lowest BCUT2D eigenvalue weighted by Crippen LogP contribution is -2.15. The van der Waals surface area contributed by atoms with Crippen molar-refractivity contribution in [1.29, 1.82) is 0 Å². The van der Waals surface area contributed by atoms with Crippen LogP contribution in [0.1, 0.15) is 5.69 Å². The van der Waals surface area contributed by atoms with Crippen LogP contribution in [0.3, 0.4) is 0 Å². The number of hydrogen-bond acceptors (Lipinski definition) is 4. The van der Waals surface area contributed by atoms with Crippen LogP contribution in [-0.4, -0.2) is 15.2 Å². The molecule has 0 radical (unpaired) electrons. The van der Waals surface area contributed by atoms with Gasteiger partial charge in [-0.1, -0.05) is 42.5 Å². The van der Waals surface area contributed by atoms with E-state index < -0.39 is 5.69 Å². The third kappa shape index (κ3) is 2.97. The lowest BCUT2D eigenvalue weighted by atomic mass is 10.1. The van der Waals surface area contributed by atoms with Gasteiger partial charge < -0.3 is 5.32 Å². The Morgan fingerprint density at radius 1 is 0.952 bits per heavy atom. The van der Waals surface area contributed by atoms with Gasteiger partial charge in [-0.25, -0.2) is 9.89 Å². The zero-order valence-electron chi connectivity index (χ0n) is 11.5. The Morgan fingerprint density at radius 3 is 2.33 bits per heavy atom. The van der Waals surface area contributed by atoms with Gasteiger partial charge in [0.2, 0.25) is 0 Å². The summed E-state index contributed by atoms with van der Waals surface area (Å²) < 4.78 is 0. The first kappa shape index (κ1) is 13.1. The fourth-order valence-corrected chi connectivity index (χ4v) is 2.02. The summed E-state index contributed by atoms with van der Waals surface area (Å²) in [5, 5.41) is 9.28. The summed E-state index contributed by atoms with van der Waals surface area (Å²) in [7, 11) is 0. The van der Waals surface area contributed by atoms with Gasteiger partial charge in [0, 0.05) is 5.69 Å². The number of hydrogen-bond donors (Lipinski definition) is 2. The average molecular weight is 278 g/mol.